The molecular formula is C22H16F2N4O2. The lowest BCUT2D eigenvalue weighted by Gasteiger charge is -2.10. The van der Waals surface area contributed by atoms with Crippen LogP contribution in [0.15, 0.2) is 73.1 Å². The molecule has 0 unspecified atom stereocenters. The number of hydrogen-bond acceptors (Lipinski definition) is 4. The van der Waals surface area contributed by atoms with E-state index >= 15 is 0 Å². The van der Waals surface area contributed by atoms with E-state index in [1.54, 1.807) is 37.3 Å². The highest BCUT2D eigenvalue weighted by molar-refractivity contribution is 6.04. The molecule has 0 spiro atoms. The third-order valence-corrected chi connectivity index (χ3v) is 4.19. The highest BCUT2D eigenvalue weighted by atomic mass is 19.1. The highest BCUT2D eigenvalue weighted by Crippen LogP contribution is 2.24. The number of nitrogens with zero attached hydrogens (tertiary/aromatic N) is 3. The molecule has 4 rings (SSSR count). The van der Waals surface area contributed by atoms with Crippen LogP contribution >= 0.6 is 0 Å². The molecule has 2 aromatic heterocycles. The minimum absolute atomic E-state index is 0.358. The maximum Gasteiger partial charge on any atom is 0.261 e. The first-order chi connectivity index (χ1) is 14.5. The van der Waals surface area contributed by atoms with Crippen LogP contribution in [0.2, 0.25) is 0 Å². The standard InChI is InChI=1S/C22H16F2N4O2/c1-14-25-19(28-11-2-3-12-28)13-20(26-14)30-16-9-7-15(8-10-16)27-22(29)21-17(23)5-4-6-18(21)24/h2-13H,1H3,(H,27,29). The molecule has 150 valence electrons. The van der Waals surface area contributed by atoms with Crippen LogP contribution in [0.4, 0.5) is 14.5 Å². The van der Waals surface area contributed by atoms with Crippen LogP contribution < -0.4 is 10.1 Å². The Bertz CT molecular complexity index is 1170. The molecule has 8 heteroatoms. The number of ether oxygens (including phenoxy) is 1. The molecule has 0 saturated carbocycles. The number of aromatic nitrogens is 3. The van der Waals surface area contributed by atoms with Gasteiger partial charge in [-0.05, 0) is 55.5 Å². The Hall–Kier alpha value is -4.07. The highest BCUT2D eigenvalue weighted by Gasteiger charge is 2.17. The van der Waals surface area contributed by atoms with Crippen molar-refractivity contribution in [2.24, 2.45) is 0 Å². The molecule has 0 aliphatic rings. The van der Waals surface area contributed by atoms with Crippen molar-refractivity contribution in [3.8, 4) is 17.4 Å². The number of amides is 1. The summed E-state index contributed by atoms with van der Waals surface area (Å²) < 4.78 is 35.1. The summed E-state index contributed by atoms with van der Waals surface area (Å²) in [5.41, 5.74) is -0.270. The Labute approximate surface area is 170 Å². The zero-order valence-electron chi connectivity index (χ0n) is 15.8. The molecule has 1 N–H and O–H groups in total. The van der Waals surface area contributed by atoms with Crippen molar-refractivity contribution >= 4 is 11.6 Å². The maximum absolute atomic E-state index is 13.7. The average molecular weight is 406 g/mol. The predicted molar refractivity (Wildman–Crippen MR) is 107 cm³/mol. The monoisotopic (exact) mass is 406 g/mol. The van der Waals surface area contributed by atoms with E-state index in [9.17, 15) is 13.6 Å². The Morgan fingerprint density at radius 3 is 2.30 bits per heavy atom. The van der Waals surface area contributed by atoms with Gasteiger partial charge in [-0.3, -0.25) is 4.79 Å². The summed E-state index contributed by atoms with van der Waals surface area (Å²) in [6, 6.07) is 15.1. The third kappa shape index (κ3) is 4.17. The van der Waals surface area contributed by atoms with Crippen LogP contribution in [0.3, 0.4) is 0 Å². The number of rotatable bonds is 5. The summed E-state index contributed by atoms with van der Waals surface area (Å²) in [5.74, 6) is -0.680. The van der Waals surface area contributed by atoms with Gasteiger partial charge in [0.25, 0.3) is 5.91 Å². The molecular weight excluding hydrogens is 390 g/mol. The van der Waals surface area contributed by atoms with Gasteiger partial charge in [0.1, 0.15) is 34.6 Å². The van der Waals surface area contributed by atoms with Gasteiger partial charge in [0, 0.05) is 24.1 Å². The number of carbonyl (C=O) groups excluding carboxylic acids is 1. The van der Waals surface area contributed by atoms with Crippen LogP contribution in [-0.4, -0.2) is 20.4 Å². The number of aryl methyl sites for hydroxylation is 1. The zero-order valence-corrected chi connectivity index (χ0v) is 15.8. The van der Waals surface area contributed by atoms with E-state index in [1.165, 1.54) is 6.07 Å². The van der Waals surface area contributed by atoms with E-state index in [-0.39, 0.29) is 0 Å². The van der Waals surface area contributed by atoms with Gasteiger partial charge in [0.05, 0.1) is 0 Å². The van der Waals surface area contributed by atoms with E-state index in [1.807, 2.05) is 29.1 Å². The van der Waals surface area contributed by atoms with Gasteiger partial charge in [0.15, 0.2) is 0 Å². The number of benzene rings is 2. The molecule has 0 radical (unpaired) electrons. The largest absolute Gasteiger partial charge is 0.439 e. The fourth-order valence-corrected chi connectivity index (χ4v) is 2.83. The van der Waals surface area contributed by atoms with E-state index in [0.717, 1.165) is 12.1 Å². The quantitative estimate of drug-likeness (QED) is 0.512. The minimum atomic E-state index is -0.926. The smallest absolute Gasteiger partial charge is 0.261 e. The topological polar surface area (TPSA) is 69.0 Å². The van der Waals surface area contributed by atoms with Crippen LogP contribution in [0.1, 0.15) is 16.2 Å². The second kappa shape index (κ2) is 8.12. The van der Waals surface area contributed by atoms with Crippen molar-refractivity contribution in [3.63, 3.8) is 0 Å². The number of halogens is 2. The molecule has 2 heterocycles. The first-order valence-electron chi connectivity index (χ1n) is 9.02. The van der Waals surface area contributed by atoms with Crippen molar-refractivity contribution in [2.45, 2.75) is 6.92 Å². The van der Waals surface area contributed by atoms with Crippen molar-refractivity contribution in [2.75, 3.05) is 5.32 Å². The summed E-state index contributed by atoms with van der Waals surface area (Å²) >= 11 is 0. The van der Waals surface area contributed by atoms with Gasteiger partial charge in [-0.2, -0.15) is 4.98 Å². The molecule has 0 atom stereocenters. The molecule has 2 aromatic carbocycles. The zero-order chi connectivity index (χ0) is 21.1. The number of nitrogens with one attached hydrogen (secondary N) is 1. The molecule has 4 aromatic rings. The Morgan fingerprint density at radius 2 is 1.63 bits per heavy atom. The van der Waals surface area contributed by atoms with Crippen LogP contribution in [0, 0.1) is 18.6 Å². The maximum atomic E-state index is 13.7. The molecule has 0 bridgehead atoms. The second-order valence-electron chi connectivity index (χ2n) is 6.38. The fourth-order valence-electron chi connectivity index (χ4n) is 2.83. The van der Waals surface area contributed by atoms with E-state index in [2.05, 4.69) is 15.3 Å². The molecule has 0 fully saturated rings. The van der Waals surface area contributed by atoms with Gasteiger partial charge in [-0.15, -0.1) is 0 Å². The summed E-state index contributed by atoms with van der Waals surface area (Å²) in [4.78, 5) is 20.8. The lowest BCUT2D eigenvalue weighted by atomic mass is 10.2. The lowest BCUT2D eigenvalue weighted by molar-refractivity contribution is 0.101. The molecule has 6 nitrogen and oxygen atoms in total. The normalized spacial score (nSPS) is 10.6. The first-order valence-corrected chi connectivity index (χ1v) is 9.02. The Morgan fingerprint density at radius 1 is 0.967 bits per heavy atom. The van der Waals surface area contributed by atoms with Gasteiger partial charge in [0.2, 0.25) is 5.88 Å². The third-order valence-electron chi connectivity index (χ3n) is 4.19. The lowest BCUT2D eigenvalue weighted by Crippen LogP contribution is -2.15. The van der Waals surface area contributed by atoms with Gasteiger partial charge in [-0.1, -0.05) is 6.07 Å². The molecule has 0 saturated heterocycles. The van der Waals surface area contributed by atoms with Crippen LogP contribution in [-0.2, 0) is 0 Å². The summed E-state index contributed by atoms with van der Waals surface area (Å²) in [7, 11) is 0. The Balaban J connectivity index is 1.49. The van der Waals surface area contributed by atoms with E-state index in [4.69, 9.17) is 4.74 Å². The molecule has 1 amide bonds. The van der Waals surface area contributed by atoms with Crippen molar-refractivity contribution in [1.82, 2.24) is 14.5 Å². The average Bonchev–Trinajstić information content (AvgIpc) is 3.24. The van der Waals surface area contributed by atoms with Crippen LogP contribution in [0.25, 0.3) is 5.82 Å². The molecule has 0 aliphatic carbocycles. The van der Waals surface area contributed by atoms with Crippen molar-refractivity contribution < 1.29 is 18.3 Å². The SMILES string of the molecule is Cc1nc(Oc2ccc(NC(=O)c3c(F)cccc3F)cc2)cc(-n2cccc2)n1. The second-order valence-corrected chi connectivity index (χ2v) is 6.38. The number of carbonyl (C=O) groups is 1. The molecule has 0 aliphatic heterocycles. The van der Waals surface area contributed by atoms with Gasteiger partial charge in [-0.25, -0.2) is 13.8 Å². The fraction of sp³-hybridized carbons (Fsp3) is 0.0455. The number of hydrogen-bond donors (Lipinski definition) is 1. The van der Waals surface area contributed by atoms with E-state index < -0.39 is 23.1 Å². The Kier molecular flexibility index (Phi) is 5.21. The van der Waals surface area contributed by atoms with E-state index in [0.29, 0.717) is 29.0 Å². The predicted octanol–water partition coefficient (Wildman–Crippen LogP) is 4.90. The summed E-state index contributed by atoms with van der Waals surface area (Å²) in [5, 5.41) is 2.46. The van der Waals surface area contributed by atoms with Crippen molar-refractivity contribution in [1.29, 1.82) is 0 Å². The van der Waals surface area contributed by atoms with Crippen molar-refractivity contribution in [3.05, 3.63) is 96.1 Å². The van der Waals surface area contributed by atoms with Crippen LogP contribution in [0.5, 0.6) is 11.6 Å². The van der Waals surface area contributed by atoms with Gasteiger partial charge >= 0.3 is 0 Å². The van der Waals surface area contributed by atoms with Gasteiger partial charge < -0.3 is 14.6 Å². The minimum Gasteiger partial charge on any atom is -0.439 e. The first kappa shape index (κ1) is 19.3. The summed E-state index contributed by atoms with van der Waals surface area (Å²) in [6.45, 7) is 1.76. The molecule has 30 heavy (non-hydrogen) atoms. The number of anilines is 1. The summed E-state index contributed by atoms with van der Waals surface area (Å²) in [6.07, 6.45) is 3.73.